The standard InChI is InChI=1S/C16H15F2N3O3/c17-16(18)24-12-3-1-2-11(7-12)14(19)15-13(20-4-5-22)6-10(9-23)8-21-15/h1-3,6-9,16,19-20,22H,4-5H2. The van der Waals surface area contributed by atoms with Crippen molar-refractivity contribution in [3.8, 4) is 5.75 Å². The Labute approximate surface area is 136 Å². The number of nitrogens with one attached hydrogen (secondary N) is 2. The number of nitrogens with zero attached hydrogens (tertiary/aromatic N) is 1. The van der Waals surface area contributed by atoms with Crippen LogP contribution in [0.3, 0.4) is 0 Å². The number of aromatic nitrogens is 1. The second kappa shape index (κ2) is 8.11. The molecule has 6 nitrogen and oxygen atoms in total. The van der Waals surface area contributed by atoms with E-state index in [4.69, 9.17) is 10.5 Å². The molecule has 2 aromatic rings. The molecule has 0 radical (unpaired) electrons. The molecule has 0 spiro atoms. The monoisotopic (exact) mass is 335 g/mol. The summed E-state index contributed by atoms with van der Waals surface area (Å²) in [5.41, 5.74) is 1.21. The number of aliphatic hydroxyl groups is 1. The average molecular weight is 335 g/mol. The highest BCUT2D eigenvalue weighted by atomic mass is 19.3. The summed E-state index contributed by atoms with van der Waals surface area (Å²) in [6, 6.07) is 7.21. The van der Waals surface area contributed by atoms with Gasteiger partial charge in [0.15, 0.2) is 6.29 Å². The summed E-state index contributed by atoms with van der Waals surface area (Å²) in [6.45, 7) is -2.89. The molecule has 0 atom stereocenters. The van der Waals surface area contributed by atoms with Crippen LogP contribution >= 0.6 is 0 Å². The third kappa shape index (κ3) is 4.32. The predicted octanol–water partition coefficient (Wildman–Crippen LogP) is 2.32. The molecule has 3 N–H and O–H groups in total. The van der Waals surface area contributed by atoms with Crippen LogP contribution in [0.5, 0.6) is 5.75 Å². The Balaban J connectivity index is 2.36. The molecule has 1 aromatic heterocycles. The van der Waals surface area contributed by atoms with Crippen LogP contribution in [0.25, 0.3) is 0 Å². The number of carbonyl (C=O) groups is 1. The van der Waals surface area contributed by atoms with Crippen LogP contribution in [0.4, 0.5) is 14.5 Å². The number of pyridine rings is 1. The van der Waals surface area contributed by atoms with Crippen LogP contribution in [0.2, 0.25) is 0 Å². The number of aldehydes is 1. The Morgan fingerprint density at radius 3 is 2.88 bits per heavy atom. The van der Waals surface area contributed by atoms with Crippen molar-refractivity contribution in [2.75, 3.05) is 18.5 Å². The second-order valence-corrected chi connectivity index (χ2v) is 4.71. The topological polar surface area (TPSA) is 95.3 Å². The van der Waals surface area contributed by atoms with Crippen molar-refractivity contribution in [3.63, 3.8) is 0 Å². The highest BCUT2D eigenvalue weighted by Crippen LogP contribution is 2.22. The largest absolute Gasteiger partial charge is 0.435 e. The van der Waals surface area contributed by atoms with Gasteiger partial charge < -0.3 is 15.2 Å². The second-order valence-electron chi connectivity index (χ2n) is 4.71. The zero-order valence-corrected chi connectivity index (χ0v) is 12.5. The smallest absolute Gasteiger partial charge is 0.387 e. The number of aliphatic hydroxyl groups excluding tert-OH is 1. The number of hydrogen-bond acceptors (Lipinski definition) is 6. The maximum absolute atomic E-state index is 12.3. The van der Waals surface area contributed by atoms with E-state index in [9.17, 15) is 13.6 Å². The van der Waals surface area contributed by atoms with Crippen molar-refractivity contribution in [2.45, 2.75) is 6.61 Å². The molecule has 0 amide bonds. The summed E-state index contributed by atoms with van der Waals surface area (Å²) in [7, 11) is 0. The van der Waals surface area contributed by atoms with Gasteiger partial charge in [0, 0.05) is 23.9 Å². The summed E-state index contributed by atoms with van der Waals surface area (Å²) < 4.78 is 28.9. The molecule has 0 bridgehead atoms. The minimum atomic E-state index is -2.96. The number of ether oxygens (including phenoxy) is 1. The van der Waals surface area contributed by atoms with Crippen LogP contribution in [0.1, 0.15) is 21.6 Å². The van der Waals surface area contributed by atoms with E-state index >= 15 is 0 Å². The third-order valence-electron chi connectivity index (χ3n) is 3.06. The highest BCUT2D eigenvalue weighted by molar-refractivity contribution is 6.13. The van der Waals surface area contributed by atoms with E-state index in [0.29, 0.717) is 23.1 Å². The van der Waals surface area contributed by atoms with E-state index in [-0.39, 0.29) is 30.3 Å². The fourth-order valence-corrected chi connectivity index (χ4v) is 2.03. The highest BCUT2D eigenvalue weighted by Gasteiger charge is 2.14. The molecule has 8 heteroatoms. The molecule has 24 heavy (non-hydrogen) atoms. The first-order valence-electron chi connectivity index (χ1n) is 6.99. The van der Waals surface area contributed by atoms with Gasteiger partial charge in [-0.3, -0.25) is 15.2 Å². The number of halogens is 2. The van der Waals surface area contributed by atoms with Gasteiger partial charge in [0.25, 0.3) is 0 Å². The fourth-order valence-electron chi connectivity index (χ4n) is 2.03. The predicted molar refractivity (Wildman–Crippen MR) is 84.2 cm³/mol. The van der Waals surface area contributed by atoms with Crippen molar-refractivity contribution in [2.24, 2.45) is 0 Å². The molecule has 126 valence electrons. The van der Waals surface area contributed by atoms with Crippen LogP contribution in [-0.2, 0) is 0 Å². The number of benzene rings is 1. The number of hydrogen-bond donors (Lipinski definition) is 3. The van der Waals surface area contributed by atoms with Crippen molar-refractivity contribution in [1.29, 1.82) is 5.41 Å². The van der Waals surface area contributed by atoms with Gasteiger partial charge in [-0.25, -0.2) is 0 Å². The summed E-state index contributed by atoms with van der Waals surface area (Å²) in [6.07, 6.45) is 1.92. The van der Waals surface area contributed by atoms with Crippen LogP contribution in [0, 0.1) is 5.41 Å². The van der Waals surface area contributed by atoms with E-state index in [1.54, 1.807) is 6.07 Å². The van der Waals surface area contributed by atoms with E-state index in [1.165, 1.54) is 30.5 Å². The molecular formula is C16H15F2N3O3. The van der Waals surface area contributed by atoms with Crippen molar-refractivity contribution >= 4 is 17.7 Å². The van der Waals surface area contributed by atoms with Crippen LogP contribution in [-0.4, -0.2) is 41.9 Å². The lowest BCUT2D eigenvalue weighted by Crippen LogP contribution is -2.13. The quantitative estimate of drug-likeness (QED) is 0.508. The molecule has 0 aliphatic rings. The summed E-state index contributed by atoms with van der Waals surface area (Å²) in [4.78, 5) is 15.0. The average Bonchev–Trinajstić information content (AvgIpc) is 2.58. The lowest BCUT2D eigenvalue weighted by Gasteiger charge is -2.13. The molecule has 0 saturated carbocycles. The van der Waals surface area contributed by atoms with Gasteiger partial charge in [-0.05, 0) is 18.2 Å². The van der Waals surface area contributed by atoms with Crippen molar-refractivity contribution in [1.82, 2.24) is 4.98 Å². The maximum Gasteiger partial charge on any atom is 0.387 e. The van der Waals surface area contributed by atoms with Gasteiger partial charge in [-0.1, -0.05) is 12.1 Å². The first kappa shape index (κ1) is 17.5. The Kier molecular flexibility index (Phi) is 5.91. The normalized spacial score (nSPS) is 10.5. The van der Waals surface area contributed by atoms with Crippen molar-refractivity contribution < 1.29 is 23.4 Å². The first-order valence-corrected chi connectivity index (χ1v) is 6.99. The molecule has 0 fully saturated rings. The number of anilines is 1. The van der Waals surface area contributed by atoms with Gasteiger partial charge >= 0.3 is 6.61 Å². The van der Waals surface area contributed by atoms with Gasteiger partial charge in [-0.15, -0.1) is 0 Å². The Hall–Kier alpha value is -2.87. The lowest BCUT2D eigenvalue weighted by molar-refractivity contribution is -0.0498. The molecular weight excluding hydrogens is 320 g/mol. The minimum Gasteiger partial charge on any atom is -0.435 e. The molecule has 0 aliphatic heterocycles. The zero-order chi connectivity index (χ0) is 17.5. The van der Waals surface area contributed by atoms with E-state index < -0.39 is 6.61 Å². The van der Waals surface area contributed by atoms with E-state index in [1.807, 2.05) is 0 Å². The van der Waals surface area contributed by atoms with Gasteiger partial charge in [0.1, 0.15) is 11.4 Å². The first-order chi connectivity index (χ1) is 11.5. The van der Waals surface area contributed by atoms with Crippen LogP contribution < -0.4 is 10.1 Å². The molecule has 0 unspecified atom stereocenters. The Bertz CT molecular complexity index is 738. The van der Waals surface area contributed by atoms with E-state index in [2.05, 4.69) is 15.0 Å². The van der Waals surface area contributed by atoms with Gasteiger partial charge in [0.2, 0.25) is 0 Å². The lowest BCUT2D eigenvalue weighted by atomic mass is 10.0. The summed E-state index contributed by atoms with van der Waals surface area (Å²) in [5, 5.41) is 20.1. The third-order valence-corrected chi connectivity index (χ3v) is 3.06. The maximum atomic E-state index is 12.3. The molecule has 1 aromatic carbocycles. The van der Waals surface area contributed by atoms with Gasteiger partial charge in [-0.2, -0.15) is 8.78 Å². The Morgan fingerprint density at radius 2 is 2.21 bits per heavy atom. The van der Waals surface area contributed by atoms with Gasteiger partial charge in [0.05, 0.1) is 18.0 Å². The Morgan fingerprint density at radius 1 is 1.42 bits per heavy atom. The summed E-state index contributed by atoms with van der Waals surface area (Å²) in [5.74, 6) is -0.0679. The SMILES string of the molecule is N=C(c1cccc(OC(F)F)c1)c1ncc(C=O)cc1NCCO. The minimum absolute atomic E-state index is 0.0346. The van der Waals surface area contributed by atoms with Crippen LogP contribution in [0.15, 0.2) is 36.5 Å². The number of rotatable bonds is 8. The molecule has 1 heterocycles. The molecule has 0 aliphatic carbocycles. The fraction of sp³-hybridized carbons (Fsp3) is 0.188. The molecule has 0 saturated heterocycles. The van der Waals surface area contributed by atoms with Crippen molar-refractivity contribution in [3.05, 3.63) is 53.3 Å². The molecule has 2 rings (SSSR count). The summed E-state index contributed by atoms with van der Waals surface area (Å²) >= 11 is 0. The zero-order valence-electron chi connectivity index (χ0n) is 12.5. The van der Waals surface area contributed by atoms with E-state index in [0.717, 1.165) is 0 Å². The number of carbonyl (C=O) groups excluding carboxylic acids is 1. The number of alkyl halides is 2.